The molecule has 0 saturated carbocycles. The summed E-state index contributed by atoms with van der Waals surface area (Å²) in [6, 6.07) is 15.7. The maximum atomic E-state index is 13.0. The number of amides is 1. The number of nitrogens with zero attached hydrogens (tertiary/aromatic N) is 2. The number of rotatable bonds is 13. The Labute approximate surface area is 202 Å². The van der Waals surface area contributed by atoms with E-state index in [1.165, 1.54) is 12.8 Å². The summed E-state index contributed by atoms with van der Waals surface area (Å²) < 4.78 is 16.5. The minimum atomic E-state index is -0.337. The molecule has 1 amide bonds. The number of carbonyl (C=O) groups is 2. The molecule has 184 valence electrons. The van der Waals surface area contributed by atoms with Gasteiger partial charge in [-0.25, -0.2) is 0 Å². The van der Waals surface area contributed by atoms with Crippen LogP contribution in [0.25, 0.3) is 0 Å². The van der Waals surface area contributed by atoms with Gasteiger partial charge in [-0.05, 0) is 56.1 Å². The van der Waals surface area contributed by atoms with Crippen LogP contribution >= 0.6 is 0 Å². The average Bonchev–Trinajstić information content (AvgIpc) is 3.38. The zero-order valence-electron chi connectivity index (χ0n) is 20.3. The van der Waals surface area contributed by atoms with Crippen LogP contribution in [-0.4, -0.2) is 61.6 Å². The number of benzene rings is 2. The van der Waals surface area contributed by atoms with Crippen molar-refractivity contribution < 1.29 is 23.8 Å². The van der Waals surface area contributed by atoms with E-state index in [-0.39, 0.29) is 24.7 Å². The second-order valence-corrected chi connectivity index (χ2v) is 8.43. The fourth-order valence-electron chi connectivity index (χ4n) is 4.05. The number of methoxy groups -OCH3 is 1. The molecule has 7 heteroatoms. The lowest BCUT2D eigenvalue weighted by molar-refractivity contribution is -0.145. The van der Waals surface area contributed by atoms with Crippen LogP contribution in [0.15, 0.2) is 48.5 Å². The molecule has 0 aliphatic carbocycles. The van der Waals surface area contributed by atoms with Crippen molar-refractivity contribution >= 4 is 11.9 Å². The summed E-state index contributed by atoms with van der Waals surface area (Å²) in [5.41, 5.74) is 2.02. The summed E-state index contributed by atoms with van der Waals surface area (Å²) in [5.74, 6) is 0.908. The molecule has 1 heterocycles. The van der Waals surface area contributed by atoms with E-state index in [4.69, 9.17) is 14.2 Å². The maximum Gasteiger partial charge on any atom is 0.306 e. The van der Waals surface area contributed by atoms with Gasteiger partial charge in [-0.15, -0.1) is 0 Å². The van der Waals surface area contributed by atoms with Crippen molar-refractivity contribution in [1.82, 2.24) is 9.80 Å². The highest BCUT2D eigenvalue weighted by molar-refractivity contribution is 5.81. The Morgan fingerprint density at radius 3 is 2.44 bits per heavy atom. The van der Waals surface area contributed by atoms with Crippen molar-refractivity contribution in [3.63, 3.8) is 0 Å². The van der Waals surface area contributed by atoms with Crippen LogP contribution in [0.4, 0.5) is 0 Å². The highest BCUT2D eigenvalue weighted by Crippen LogP contribution is 2.29. The molecule has 0 bridgehead atoms. The van der Waals surface area contributed by atoms with Gasteiger partial charge in [-0.1, -0.05) is 36.4 Å². The van der Waals surface area contributed by atoms with Crippen molar-refractivity contribution in [2.45, 2.75) is 45.8 Å². The first-order valence-corrected chi connectivity index (χ1v) is 12.1. The van der Waals surface area contributed by atoms with Gasteiger partial charge in [0.2, 0.25) is 5.91 Å². The summed E-state index contributed by atoms with van der Waals surface area (Å²) in [6.45, 7) is 6.56. The first-order chi connectivity index (χ1) is 16.6. The third-order valence-corrected chi connectivity index (χ3v) is 5.92. The molecule has 1 fully saturated rings. The molecule has 1 saturated heterocycles. The van der Waals surface area contributed by atoms with E-state index in [1.807, 2.05) is 53.4 Å². The molecule has 34 heavy (non-hydrogen) atoms. The highest BCUT2D eigenvalue weighted by Gasteiger charge is 2.19. The van der Waals surface area contributed by atoms with E-state index in [0.29, 0.717) is 37.8 Å². The van der Waals surface area contributed by atoms with E-state index in [9.17, 15) is 9.59 Å². The van der Waals surface area contributed by atoms with Crippen LogP contribution in [0.2, 0.25) is 0 Å². The van der Waals surface area contributed by atoms with E-state index in [2.05, 4.69) is 4.90 Å². The molecule has 7 nitrogen and oxygen atoms in total. The molecule has 0 unspecified atom stereocenters. The molecule has 0 N–H and O–H groups in total. The predicted molar refractivity (Wildman–Crippen MR) is 131 cm³/mol. The predicted octanol–water partition coefficient (Wildman–Crippen LogP) is 4.04. The molecule has 0 radical (unpaired) electrons. The Morgan fingerprint density at radius 2 is 1.74 bits per heavy atom. The molecule has 2 aromatic carbocycles. The molecule has 2 aromatic rings. The van der Waals surface area contributed by atoms with Crippen molar-refractivity contribution in [3.8, 4) is 11.5 Å². The van der Waals surface area contributed by atoms with Gasteiger partial charge in [0.05, 0.1) is 20.1 Å². The third kappa shape index (κ3) is 8.06. The molecule has 1 aliphatic heterocycles. The van der Waals surface area contributed by atoms with Gasteiger partial charge in [-0.3, -0.25) is 9.59 Å². The topological polar surface area (TPSA) is 68.3 Å². The second-order valence-electron chi connectivity index (χ2n) is 8.43. The Kier molecular flexibility index (Phi) is 10.2. The average molecular weight is 469 g/mol. The van der Waals surface area contributed by atoms with Crippen LogP contribution in [0.3, 0.4) is 0 Å². The Morgan fingerprint density at radius 1 is 0.971 bits per heavy atom. The zero-order chi connectivity index (χ0) is 24.2. The molecular formula is C27H36N2O5. The summed E-state index contributed by atoms with van der Waals surface area (Å²) in [4.78, 5) is 29.0. The summed E-state index contributed by atoms with van der Waals surface area (Å²) in [7, 11) is 1.62. The monoisotopic (exact) mass is 468 g/mol. The molecule has 0 spiro atoms. The van der Waals surface area contributed by atoms with Crippen molar-refractivity contribution in [2.24, 2.45) is 0 Å². The zero-order valence-corrected chi connectivity index (χ0v) is 20.3. The van der Waals surface area contributed by atoms with Gasteiger partial charge in [0, 0.05) is 26.1 Å². The van der Waals surface area contributed by atoms with Crippen molar-refractivity contribution in [3.05, 3.63) is 59.7 Å². The SMILES string of the molecule is CCOC(=O)CCC(=O)N(CCN1CCCC1)Cc1ccc(OC)c(OCc2ccccc2)c1. The van der Waals surface area contributed by atoms with E-state index in [1.54, 1.807) is 14.0 Å². The van der Waals surface area contributed by atoms with E-state index >= 15 is 0 Å². The maximum absolute atomic E-state index is 13.0. The molecule has 1 aliphatic rings. The fourth-order valence-corrected chi connectivity index (χ4v) is 4.05. The first kappa shape index (κ1) is 25.6. The fraction of sp³-hybridized carbons (Fsp3) is 0.481. The van der Waals surface area contributed by atoms with Crippen LogP contribution in [0.1, 0.15) is 43.7 Å². The van der Waals surface area contributed by atoms with Crippen LogP contribution < -0.4 is 9.47 Å². The number of hydrogen-bond acceptors (Lipinski definition) is 6. The number of ether oxygens (including phenoxy) is 3. The normalized spacial score (nSPS) is 13.5. The largest absolute Gasteiger partial charge is 0.493 e. The minimum Gasteiger partial charge on any atom is -0.493 e. The molecular weight excluding hydrogens is 432 g/mol. The van der Waals surface area contributed by atoms with Crippen molar-refractivity contribution in [2.75, 3.05) is 39.9 Å². The lowest BCUT2D eigenvalue weighted by Crippen LogP contribution is -2.37. The van der Waals surface area contributed by atoms with Gasteiger partial charge in [0.25, 0.3) is 0 Å². The molecule has 0 atom stereocenters. The van der Waals surface area contributed by atoms with Gasteiger partial charge in [-0.2, -0.15) is 0 Å². The Bertz CT molecular complexity index is 912. The lowest BCUT2D eigenvalue weighted by atomic mass is 10.1. The van der Waals surface area contributed by atoms with Crippen LogP contribution in [0, 0.1) is 0 Å². The molecule has 0 aromatic heterocycles. The molecule has 3 rings (SSSR count). The number of likely N-dealkylation sites (tertiary alicyclic amines) is 1. The van der Waals surface area contributed by atoms with Crippen LogP contribution in [0.5, 0.6) is 11.5 Å². The van der Waals surface area contributed by atoms with Gasteiger partial charge < -0.3 is 24.0 Å². The second kappa shape index (κ2) is 13.6. The minimum absolute atomic E-state index is 0.0465. The van der Waals surface area contributed by atoms with Crippen LogP contribution in [-0.2, 0) is 27.5 Å². The first-order valence-electron chi connectivity index (χ1n) is 12.1. The number of esters is 1. The summed E-state index contributed by atoms with van der Waals surface area (Å²) >= 11 is 0. The van der Waals surface area contributed by atoms with Gasteiger partial charge in [0.15, 0.2) is 11.5 Å². The summed E-state index contributed by atoms with van der Waals surface area (Å²) in [6.07, 6.45) is 2.65. The quantitative estimate of drug-likeness (QED) is 0.413. The third-order valence-electron chi connectivity index (χ3n) is 5.92. The van der Waals surface area contributed by atoms with Gasteiger partial charge >= 0.3 is 5.97 Å². The highest BCUT2D eigenvalue weighted by atomic mass is 16.5. The van der Waals surface area contributed by atoms with Crippen molar-refractivity contribution in [1.29, 1.82) is 0 Å². The standard InChI is InChI=1S/C27H36N2O5/c1-3-33-27(31)14-13-26(30)29(18-17-28-15-7-8-16-28)20-23-11-12-24(32-2)25(19-23)34-21-22-9-5-4-6-10-22/h4-6,9-12,19H,3,7-8,13-18,20-21H2,1-2H3. The van der Waals surface area contributed by atoms with Gasteiger partial charge in [0.1, 0.15) is 6.61 Å². The summed E-state index contributed by atoms with van der Waals surface area (Å²) in [5, 5.41) is 0. The van der Waals surface area contributed by atoms with E-state index in [0.717, 1.165) is 30.8 Å². The lowest BCUT2D eigenvalue weighted by Gasteiger charge is -2.26. The Balaban J connectivity index is 1.68. The smallest absolute Gasteiger partial charge is 0.306 e. The number of carbonyl (C=O) groups excluding carboxylic acids is 2. The van der Waals surface area contributed by atoms with E-state index < -0.39 is 0 Å². The number of hydrogen-bond donors (Lipinski definition) is 0. The Hall–Kier alpha value is -3.06.